The Morgan fingerprint density at radius 3 is 2.45 bits per heavy atom. The number of nitrogens with zero attached hydrogens (tertiary/aromatic N) is 4. The van der Waals surface area contributed by atoms with Gasteiger partial charge in [0.2, 0.25) is 0 Å². The lowest BCUT2D eigenvalue weighted by atomic mass is 9.97. The van der Waals surface area contributed by atoms with Gasteiger partial charge < -0.3 is 24.8 Å². The van der Waals surface area contributed by atoms with Gasteiger partial charge in [-0.2, -0.15) is 0 Å². The molecule has 2 heterocycles. The molecule has 0 saturated carbocycles. The number of methoxy groups -OCH3 is 1. The number of rotatable bonds is 6. The SMILES string of the molecule is CN=C(NCC1CCN(CCOC)CC1)N1CCN(c2ccccc2Cl)CC1.I. The molecular weight excluding hydrogens is 501 g/mol. The van der Waals surface area contributed by atoms with Crippen molar-refractivity contribution in [2.45, 2.75) is 12.8 Å². The molecule has 0 aromatic heterocycles. The maximum atomic E-state index is 6.36. The molecule has 0 amide bonds. The van der Waals surface area contributed by atoms with Crippen molar-refractivity contribution in [2.24, 2.45) is 10.9 Å². The minimum absolute atomic E-state index is 0. The molecule has 2 fully saturated rings. The number of piperidine rings is 1. The molecule has 0 radical (unpaired) electrons. The van der Waals surface area contributed by atoms with Crippen LogP contribution < -0.4 is 10.2 Å². The van der Waals surface area contributed by atoms with Crippen molar-refractivity contribution in [3.63, 3.8) is 0 Å². The largest absolute Gasteiger partial charge is 0.383 e. The Bertz CT molecular complexity index is 631. The Hall–Kier alpha value is -0.770. The van der Waals surface area contributed by atoms with Crippen molar-refractivity contribution < 1.29 is 4.74 Å². The third kappa shape index (κ3) is 7.15. The summed E-state index contributed by atoms with van der Waals surface area (Å²) in [5.74, 6) is 1.75. The third-order valence-corrected chi connectivity index (χ3v) is 6.17. The quantitative estimate of drug-likeness (QED) is 0.345. The Morgan fingerprint density at radius 1 is 1.14 bits per heavy atom. The normalized spacial score (nSPS) is 19.2. The van der Waals surface area contributed by atoms with Crippen LogP contribution in [0.2, 0.25) is 5.02 Å². The van der Waals surface area contributed by atoms with E-state index in [2.05, 4.69) is 37.1 Å². The van der Waals surface area contributed by atoms with Gasteiger partial charge in [0.25, 0.3) is 0 Å². The number of piperazine rings is 1. The molecular formula is C21H35ClIN5O. The first-order valence-electron chi connectivity index (χ1n) is 10.4. The van der Waals surface area contributed by atoms with Crippen LogP contribution in [0, 0.1) is 5.92 Å². The average molecular weight is 536 g/mol. The zero-order valence-corrected chi connectivity index (χ0v) is 20.7. The summed E-state index contributed by atoms with van der Waals surface area (Å²) in [6, 6.07) is 8.10. The Balaban J connectivity index is 0.00000300. The monoisotopic (exact) mass is 535 g/mol. The molecule has 2 aliphatic rings. The molecule has 2 aliphatic heterocycles. The summed E-state index contributed by atoms with van der Waals surface area (Å²) in [5.41, 5.74) is 1.13. The summed E-state index contributed by atoms with van der Waals surface area (Å²) in [6.45, 7) is 9.07. The predicted molar refractivity (Wildman–Crippen MR) is 133 cm³/mol. The number of guanidine groups is 1. The van der Waals surface area contributed by atoms with Crippen molar-refractivity contribution in [3.05, 3.63) is 29.3 Å². The predicted octanol–water partition coefficient (Wildman–Crippen LogP) is 3.01. The van der Waals surface area contributed by atoms with Gasteiger partial charge in [0.05, 0.1) is 17.3 Å². The van der Waals surface area contributed by atoms with Crippen LogP contribution in [0.15, 0.2) is 29.3 Å². The van der Waals surface area contributed by atoms with Gasteiger partial charge >= 0.3 is 0 Å². The summed E-state index contributed by atoms with van der Waals surface area (Å²) in [6.07, 6.45) is 2.49. The number of nitrogens with one attached hydrogen (secondary N) is 1. The molecule has 0 atom stereocenters. The fraction of sp³-hybridized carbons (Fsp3) is 0.667. The van der Waals surface area contributed by atoms with Crippen LogP contribution >= 0.6 is 35.6 Å². The topological polar surface area (TPSA) is 43.3 Å². The van der Waals surface area contributed by atoms with Gasteiger partial charge in [-0.3, -0.25) is 4.99 Å². The number of aliphatic imine (C=N–C) groups is 1. The Kier molecular flexibility index (Phi) is 10.8. The van der Waals surface area contributed by atoms with Crippen LogP contribution in [0.3, 0.4) is 0 Å². The molecule has 1 aromatic carbocycles. The molecule has 2 saturated heterocycles. The number of ether oxygens (including phenoxy) is 1. The number of anilines is 1. The van der Waals surface area contributed by atoms with Crippen LogP contribution in [0.5, 0.6) is 0 Å². The fourth-order valence-electron chi connectivity index (χ4n) is 4.07. The van der Waals surface area contributed by atoms with E-state index in [0.717, 1.165) is 68.5 Å². The van der Waals surface area contributed by atoms with E-state index in [1.54, 1.807) is 7.11 Å². The maximum absolute atomic E-state index is 6.36. The van der Waals surface area contributed by atoms with Crippen LogP contribution in [-0.2, 0) is 4.74 Å². The van der Waals surface area contributed by atoms with Gasteiger partial charge in [0, 0.05) is 53.4 Å². The maximum Gasteiger partial charge on any atom is 0.193 e. The van der Waals surface area contributed by atoms with Crippen molar-refractivity contribution in [2.75, 3.05) is 78.0 Å². The highest BCUT2D eigenvalue weighted by Gasteiger charge is 2.23. The summed E-state index contributed by atoms with van der Waals surface area (Å²) in [4.78, 5) is 11.8. The Morgan fingerprint density at radius 2 is 1.83 bits per heavy atom. The third-order valence-electron chi connectivity index (χ3n) is 5.85. The van der Waals surface area contributed by atoms with E-state index in [9.17, 15) is 0 Å². The second-order valence-corrected chi connectivity index (χ2v) is 8.04. The molecule has 8 heteroatoms. The lowest BCUT2D eigenvalue weighted by molar-refractivity contribution is 0.120. The van der Waals surface area contributed by atoms with E-state index in [1.165, 1.54) is 25.9 Å². The molecule has 29 heavy (non-hydrogen) atoms. The molecule has 1 N–H and O–H groups in total. The zero-order valence-electron chi connectivity index (χ0n) is 17.6. The first-order valence-corrected chi connectivity index (χ1v) is 10.8. The van der Waals surface area contributed by atoms with Gasteiger partial charge in [0.15, 0.2) is 5.96 Å². The van der Waals surface area contributed by atoms with E-state index in [1.807, 2.05) is 19.2 Å². The zero-order chi connectivity index (χ0) is 19.8. The van der Waals surface area contributed by atoms with Gasteiger partial charge in [-0.1, -0.05) is 23.7 Å². The highest BCUT2D eigenvalue weighted by molar-refractivity contribution is 14.0. The van der Waals surface area contributed by atoms with E-state index < -0.39 is 0 Å². The van der Waals surface area contributed by atoms with E-state index >= 15 is 0 Å². The summed E-state index contributed by atoms with van der Waals surface area (Å²) < 4.78 is 5.19. The molecule has 3 rings (SSSR count). The summed E-state index contributed by atoms with van der Waals surface area (Å²) in [7, 11) is 3.66. The molecule has 164 valence electrons. The molecule has 1 aromatic rings. The molecule has 0 spiro atoms. The first kappa shape index (κ1) is 24.5. The fourth-order valence-corrected chi connectivity index (χ4v) is 4.33. The highest BCUT2D eigenvalue weighted by atomic mass is 127. The number of hydrogen-bond acceptors (Lipinski definition) is 4. The van der Waals surface area contributed by atoms with Crippen molar-refractivity contribution in [1.82, 2.24) is 15.1 Å². The lowest BCUT2D eigenvalue weighted by Gasteiger charge is -2.38. The second kappa shape index (κ2) is 12.8. The molecule has 6 nitrogen and oxygen atoms in total. The average Bonchev–Trinajstić information content (AvgIpc) is 2.74. The van der Waals surface area contributed by atoms with Crippen molar-refractivity contribution in [3.8, 4) is 0 Å². The van der Waals surface area contributed by atoms with Gasteiger partial charge in [-0.05, 0) is 44.0 Å². The molecule has 0 aliphatic carbocycles. The van der Waals surface area contributed by atoms with Crippen LogP contribution in [-0.4, -0.2) is 88.9 Å². The molecule has 0 bridgehead atoms. The summed E-state index contributed by atoms with van der Waals surface area (Å²) >= 11 is 6.36. The molecule has 0 unspecified atom stereocenters. The van der Waals surface area contributed by atoms with E-state index in [-0.39, 0.29) is 24.0 Å². The number of para-hydroxylation sites is 1. The Labute approximate surface area is 197 Å². The van der Waals surface area contributed by atoms with Crippen LogP contribution in [0.1, 0.15) is 12.8 Å². The number of halogens is 2. The number of likely N-dealkylation sites (tertiary alicyclic amines) is 1. The lowest BCUT2D eigenvalue weighted by Crippen LogP contribution is -2.53. The highest BCUT2D eigenvalue weighted by Crippen LogP contribution is 2.26. The van der Waals surface area contributed by atoms with Gasteiger partial charge in [0.1, 0.15) is 0 Å². The van der Waals surface area contributed by atoms with Gasteiger partial charge in [-0.15, -0.1) is 24.0 Å². The van der Waals surface area contributed by atoms with Crippen LogP contribution in [0.4, 0.5) is 5.69 Å². The first-order chi connectivity index (χ1) is 13.7. The summed E-state index contributed by atoms with van der Waals surface area (Å²) in [5, 5.41) is 4.45. The van der Waals surface area contributed by atoms with E-state index in [0.29, 0.717) is 0 Å². The number of hydrogen-bond donors (Lipinski definition) is 1. The minimum atomic E-state index is 0. The smallest absolute Gasteiger partial charge is 0.193 e. The van der Waals surface area contributed by atoms with Crippen molar-refractivity contribution >= 4 is 47.2 Å². The van der Waals surface area contributed by atoms with Crippen molar-refractivity contribution in [1.29, 1.82) is 0 Å². The van der Waals surface area contributed by atoms with Crippen LogP contribution in [0.25, 0.3) is 0 Å². The number of benzene rings is 1. The standard InChI is InChI=1S/C21H34ClN5O.HI/c1-23-21(24-17-18-7-9-25(10-8-18)15-16-28-2)27-13-11-26(12-14-27)20-6-4-3-5-19(20)22;/h3-6,18H,7-17H2,1-2H3,(H,23,24);1H. The van der Waals surface area contributed by atoms with Gasteiger partial charge in [-0.25, -0.2) is 0 Å². The second-order valence-electron chi connectivity index (χ2n) is 7.63. The minimum Gasteiger partial charge on any atom is -0.383 e. The van der Waals surface area contributed by atoms with E-state index in [4.69, 9.17) is 16.3 Å².